The Hall–Kier alpha value is -3.45. The SMILES string of the molecule is CCOCc1c(C(=O)O[C@@H](C)c2nnc(-c3ccccc3)o2)oc2ccccc12. The van der Waals surface area contributed by atoms with Crippen LogP contribution in [0.15, 0.2) is 63.4 Å². The van der Waals surface area contributed by atoms with Crippen molar-refractivity contribution in [3.63, 3.8) is 0 Å². The molecule has 148 valence electrons. The minimum atomic E-state index is -0.736. The Morgan fingerprint density at radius 1 is 1.03 bits per heavy atom. The molecule has 0 aliphatic rings. The van der Waals surface area contributed by atoms with Crippen molar-refractivity contribution in [2.45, 2.75) is 26.6 Å². The Morgan fingerprint density at radius 2 is 1.79 bits per heavy atom. The maximum Gasteiger partial charge on any atom is 0.375 e. The molecule has 0 aliphatic heterocycles. The van der Waals surface area contributed by atoms with Crippen LogP contribution < -0.4 is 0 Å². The largest absolute Gasteiger partial charge is 0.449 e. The van der Waals surface area contributed by atoms with Crippen LogP contribution in [0.5, 0.6) is 0 Å². The van der Waals surface area contributed by atoms with Crippen LogP contribution >= 0.6 is 0 Å². The molecule has 0 bridgehead atoms. The van der Waals surface area contributed by atoms with Gasteiger partial charge in [0.15, 0.2) is 6.10 Å². The van der Waals surface area contributed by atoms with Gasteiger partial charge in [-0.05, 0) is 32.0 Å². The van der Waals surface area contributed by atoms with Gasteiger partial charge in [0, 0.05) is 23.1 Å². The minimum absolute atomic E-state index is 0.120. The highest BCUT2D eigenvalue weighted by Gasteiger charge is 2.26. The van der Waals surface area contributed by atoms with E-state index in [1.165, 1.54) is 0 Å². The van der Waals surface area contributed by atoms with Gasteiger partial charge in [0.2, 0.25) is 11.7 Å². The smallest absolute Gasteiger partial charge is 0.375 e. The Kier molecular flexibility index (Phi) is 5.39. The molecule has 7 nitrogen and oxygen atoms in total. The summed E-state index contributed by atoms with van der Waals surface area (Å²) >= 11 is 0. The van der Waals surface area contributed by atoms with Crippen LogP contribution in [0.3, 0.4) is 0 Å². The van der Waals surface area contributed by atoms with E-state index in [1.54, 1.807) is 13.0 Å². The highest BCUT2D eigenvalue weighted by Crippen LogP contribution is 2.29. The number of furan rings is 1. The molecule has 0 unspecified atom stereocenters. The first-order valence-electron chi connectivity index (χ1n) is 9.35. The van der Waals surface area contributed by atoms with Crippen LogP contribution in [0.2, 0.25) is 0 Å². The third-order valence-corrected chi connectivity index (χ3v) is 4.43. The molecule has 2 heterocycles. The maximum absolute atomic E-state index is 12.8. The van der Waals surface area contributed by atoms with E-state index >= 15 is 0 Å². The van der Waals surface area contributed by atoms with Gasteiger partial charge in [-0.3, -0.25) is 0 Å². The normalized spacial score (nSPS) is 12.2. The first kappa shape index (κ1) is 18.9. The maximum atomic E-state index is 12.8. The molecule has 0 saturated carbocycles. The topological polar surface area (TPSA) is 87.6 Å². The Morgan fingerprint density at radius 3 is 2.59 bits per heavy atom. The van der Waals surface area contributed by atoms with E-state index in [-0.39, 0.29) is 18.3 Å². The first-order chi connectivity index (χ1) is 14.2. The predicted octanol–water partition coefficient (Wildman–Crippen LogP) is 4.94. The molecule has 29 heavy (non-hydrogen) atoms. The first-order valence-corrected chi connectivity index (χ1v) is 9.35. The minimum Gasteiger partial charge on any atom is -0.449 e. The number of carbonyl (C=O) groups is 1. The van der Waals surface area contributed by atoms with Gasteiger partial charge in [-0.1, -0.05) is 36.4 Å². The highest BCUT2D eigenvalue weighted by atomic mass is 16.6. The molecule has 0 amide bonds. The van der Waals surface area contributed by atoms with Gasteiger partial charge >= 0.3 is 5.97 Å². The third kappa shape index (κ3) is 3.90. The molecule has 0 spiro atoms. The number of carbonyl (C=O) groups excluding carboxylic acids is 1. The molecular weight excluding hydrogens is 372 g/mol. The molecule has 4 rings (SSSR count). The van der Waals surface area contributed by atoms with E-state index in [1.807, 2.05) is 55.5 Å². The molecule has 0 radical (unpaired) electrons. The van der Waals surface area contributed by atoms with Crippen molar-refractivity contribution in [3.05, 3.63) is 71.8 Å². The van der Waals surface area contributed by atoms with E-state index in [9.17, 15) is 4.79 Å². The van der Waals surface area contributed by atoms with Crippen molar-refractivity contribution in [2.24, 2.45) is 0 Å². The van der Waals surface area contributed by atoms with Gasteiger partial charge in [-0.2, -0.15) is 0 Å². The molecule has 1 atom stereocenters. The summed E-state index contributed by atoms with van der Waals surface area (Å²) < 4.78 is 22.5. The van der Waals surface area contributed by atoms with Crippen molar-refractivity contribution >= 4 is 16.9 Å². The fraction of sp³-hybridized carbons (Fsp3) is 0.227. The van der Waals surface area contributed by atoms with Crippen LogP contribution in [0.25, 0.3) is 22.4 Å². The number of esters is 1. The number of benzene rings is 2. The number of aromatic nitrogens is 2. The predicted molar refractivity (Wildman–Crippen MR) is 105 cm³/mol. The molecule has 0 fully saturated rings. The summed E-state index contributed by atoms with van der Waals surface area (Å²) in [6, 6.07) is 16.8. The lowest BCUT2D eigenvalue weighted by molar-refractivity contribution is 0.0240. The van der Waals surface area contributed by atoms with E-state index in [2.05, 4.69) is 10.2 Å². The molecule has 2 aromatic carbocycles. The van der Waals surface area contributed by atoms with Crippen molar-refractivity contribution in [1.29, 1.82) is 0 Å². The molecule has 0 N–H and O–H groups in total. The Labute approximate surface area is 167 Å². The standard InChI is InChI=1S/C22H20N2O5/c1-3-26-13-17-16-11-7-8-12-18(16)28-19(17)22(25)27-14(2)20-23-24-21(29-20)15-9-5-4-6-10-15/h4-12,14H,3,13H2,1-2H3/t14-/m0/s1. The van der Waals surface area contributed by atoms with E-state index in [0.717, 1.165) is 10.9 Å². The number of fused-ring (bicyclic) bond motifs is 1. The summed E-state index contributed by atoms with van der Waals surface area (Å²) in [4.78, 5) is 12.8. The van der Waals surface area contributed by atoms with Crippen LogP contribution in [0.4, 0.5) is 0 Å². The van der Waals surface area contributed by atoms with Crippen molar-refractivity contribution in [2.75, 3.05) is 6.61 Å². The monoisotopic (exact) mass is 392 g/mol. The summed E-state index contributed by atoms with van der Waals surface area (Å²) in [5.74, 6) is 0.0844. The Bertz CT molecular complexity index is 1120. The second kappa shape index (κ2) is 8.28. The van der Waals surface area contributed by atoms with Crippen molar-refractivity contribution in [3.8, 4) is 11.5 Å². The second-order valence-corrected chi connectivity index (χ2v) is 6.40. The zero-order valence-electron chi connectivity index (χ0n) is 16.1. The fourth-order valence-corrected chi connectivity index (χ4v) is 2.97. The van der Waals surface area contributed by atoms with Crippen molar-refractivity contribution < 1.29 is 23.1 Å². The second-order valence-electron chi connectivity index (χ2n) is 6.40. The quantitative estimate of drug-likeness (QED) is 0.412. The summed E-state index contributed by atoms with van der Waals surface area (Å²) in [5.41, 5.74) is 2.06. The van der Waals surface area contributed by atoms with Crippen LogP contribution in [-0.2, 0) is 16.1 Å². The molecule has 0 aliphatic carbocycles. The van der Waals surface area contributed by atoms with Crippen LogP contribution in [0, 0.1) is 0 Å². The van der Waals surface area contributed by atoms with Gasteiger partial charge in [0.1, 0.15) is 5.58 Å². The average molecular weight is 392 g/mol. The molecular formula is C22H20N2O5. The van der Waals surface area contributed by atoms with Gasteiger partial charge in [0.25, 0.3) is 5.89 Å². The zero-order valence-corrected chi connectivity index (χ0v) is 16.1. The van der Waals surface area contributed by atoms with Crippen LogP contribution in [-0.4, -0.2) is 22.8 Å². The van der Waals surface area contributed by atoms with Gasteiger partial charge < -0.3 is 18.3 Å². The van der Waals surface area contributed by atoms with Gasteiger partial charge in [-0.25, -0.2) is 4.79 Å². The number of hydrogen-bond donors (Lipinski definition) is 0. The Balaban J connectivity index is 1.56. The highest BCUT2D eigenvalue weighted by molar-refractivity contribution is 5.96. The van der Waals surface area contributed by atoms with Crippen molar-refractivity contribution in [1.82, 2.24) is 10.2 Å². The number of hydrogen-bond acceptors (Lipinski definition) is 7. The zero-order chi connectivity index (χ0) is 20.2. The summed E-state index contributed by atoms with van der Waals surface area (Å²) in [6.07, 6.45) is -0.736. The summed E-state index contributed by atoms with van der Waals surface area (Å²) in [7, 11) is 0. The summed E-state index contributed by atoms with van der Waals surface area (Å²) in [6.45, 7) is 4.34. The average Bonchev–Trinajstić information content (AvgIpc) is 3.38. The van der Waals surface area contributed by atoms with Gasteiger partial charge in [-0.15, -0.1) is 10.2 Å². The molecule has 2 aromatic heterocycles. The van der Waals surface area contributed by atoms with Crippen LogP contribution in [0.1, 0.15) is 42.0 Å². The number of ether oxygens (including phenoxy) is 2. The number of rotatable bonds is 7. The van der Waals surface area contributed by atoms with Gasteiger partial charge in [0.05, 0.1) is 6.61 Å². The van der Waals surface area contributed by atoms with E-state index < -0.39 is 12.1 Å². The van der Waals surface area contributed by atoms with E-state index in [0.29, 0.717) is 23.6 Å². The fourth-order valence-electron chi connectivity index (χ4n) is 2.97. The third-order valence-electron chi connectivity index (χ3n) is 4.43. The molecule has 7 heteroatoms. The molecule has 4 aromatic rings. The number of para-hydroxylation sites is 1. The molecule has 0 saturated heterocycles. The lowest BCUT2D eigenvalue weighted by atomic mass is 10.1. The number of nitrogens with zero attached hydrogens (tertiary/aromatic N) is 2. The van der Waals surface area contributed by atoms with E-state index in [4.69, 9.17) is 18.3 Å². The lowest BCUT2D eigenvalue weighted by Gasteiger charge is -2.09. The summed E-state index contributed by atoms with van der Waals surface area (Å²) in [5, 5.41) is 8.86. The lowest BCUT2D eigenvalue weighted by Crippen LogP contribution is -2.11.